The maximum atomic E-state index is 9.02. The highest BCUT2D eigenvalue weighted by Crippen LogP contribution is 2.29. The third-order valence-electron chi connectivity index (χ3n) is 4.57. The van der Waals surface area contributed by atoms with Crippen LogP contribution in [0.15, 0.2) is 5.16 Å². The van der Waals surface area contributed by atoms with Crippen molar-refractivity contribution in [3.63, 3.8) is 0 Å². The van der Waals surface area contributed by atoms with E-state index < -0.39 is 0 Å². The molecule has 0 amide bonds. The van der Waals surface area contributed by atoms with Gasteiger partial charge in [0.1, 0.15) is 5.82 Å². The zero-order chi connectivity index (χ0) is 15.6. The second kappa shape index (κ2) is 6.37. The van der Waals surface area contributed by atoms with Gasteiger partial charge in [0.2, 0.25) is 0 Å². The number of nitrogens with zero attached hydrogens (tertiary/aromatic N) is 4. The number of aromatic nitrogens is 2. The number of aryl methyl sites for hydroxylation is 2. The molecule has 1 aliphatic heterocycles. The van der Waals surface area contributed by atoms with E-state index >= 15 is 0 Å². The first-order valence-corrected chi connectivity index (χ1v) is 7.72. The largest absolute Gasteiger partial charge is 0.409 e. The molecule has 1 aromatic rings. The maximum absolute atomic E-state index is 9.02. The van der Waals surface area contributed by atoms with E-state index in [1.54, 1.807) is 0 Å². The Kier molecular flexibility index (Phi) is 4.75. The predicted molar refractivity (Wildman–Crippen MR) is 84.8 cm³/mol. The third-order valence-corrected chi connectivity index (χ3v) is 4.57. The van der Waals surface area contributed by atoms with E-state index in [9.17, 15) is 0 Å². The first kappa shape index (κ1) is 15.7. The average Bonchev–Trinajstić information content (AvgIpc) is 2.64. The molecule has 1 aliphatic rings. The summed E-state index contributed by atoms with van der Waals surface area (Å²) in [5, 5.41) is 16.6. The van der Waals surface area contributed by atoms with E-state index in [0.717, 1.165) is 42.0 Å². The predicted octanol–water partition coefficient (Wildman–Crippen LogP) is 2.09. The molecule has 0 spiro atoms. The summed E-state index contributed by atoms with van der Waals surface area (Å²) in [6.45, 7) is 8.49. The van der Waals surface area contributed by atoms with Gasteiger partial charge in [-0.05, 0) is 38.0 Å². The molecule has 0 aliphatic carbocycles. The van der Waals surface area contributed by atoms with Crippen molar-refractivity contribution in [1.29, 1.82) is 0 Å². The maximum Gasteiger partial charge on any atom is 0.175 e. The lowest BCUT2D eigenvalue weighted by atomic mass is 9.89. The van der Waals surface area contributed by atoms with Crippen molar-refractivity contribution in [2.75, 3.05) is 18.0 Å². The van der Waals surface area contributed by atoms with Crippen LogP contribution in [-0.2, 0) is 7.05 Å². The van der Waals surface area contributed by atoms with Crippen LogP contribution in [0.4, 0.5) is 5.82 Å². The van der Waals surface area contributed by atoms with E-state index in [4.69, 9.17) is 10.9 Å². The van der Waals surface area contributed by atoms with Gasteiger partial charge >= 0.3 is 0 Å². The Balaban J connectivity index is 2.30. The number of nitrogens with two attached hydrogens (primary N) is 1. The highest BCUT2D eigenvalue weighted by atomic mass is 16.4. The number of anilines is 1. The van der Waals surface area contributed by atoms with Crippen LogP contribution >= 0.6 is 0 Å². The molecular weight excluding hydrogens is 266 g/mol. The Labute approximate surface area is 126 Å². The van der Waals surface area contributed by atoms with Crippen LogP contribution in [0.25, 0.3) is 0 Å². The Hall–Kier alpha value is -1.72. The van der Waals surface area contributed by atoms with Gasteiger partial charge in [-0.15, -0.1) is 0 Å². The molecule has 21 heavy (non-hydrogen) atoms. The lowest BCUT2D eigenvalue weighted by Gasteiger charge is -2.24. The van der Waals surface area contributed by atoms with Gasteiger partial charge in [-0.25, -0.2) is 0 Å². The third kappa shape index (κ3) is 3.14. The van der Waals surface area contributed by atoms with Gasteiger partial charge in [-0.1, -0.05) is 19.0 Å². The summed E-state index contributed by atoms with van der Waals surface area (Å²) < 4.78 is 1.85. The lowest BCUT2D eigenvalue weighted by Crippen LogP contribution is -2.29. The minimum atomic E-state index is 0.139. The number of hydrogen-bond acceptors (Lipinski definition) is 4. The van der Waals surface area contributed by atoms with Gasteiger partial charge in [0.15, 0.2) is 5.84 Å². The molecule has 3 N–H and O–H groups in total. The Bertz CT molecular complexity index is 520. The first-order valence-electron chi connectivity index (χ1n) is 7.72. The van der Waals surface area contributed by atoms with Crippen molar-refractivity contribution in [2.45, 2.75) is 40.0 Å². The molecule has 6 heteroatoms. The summed E-state index contributed by atoms with van der Waals surface area (Å²) in [5.74, 6) is 2.60. The SMILES string of the molecule is Cc1nn(C)c(N2CCCC(C(C)C)CC2)c1C(N)=NO. The van der Waals surface area contributed by atoms with Gasteiger partial charge < -0.3 is 15.8 Å². The second-order valence-corrected chi connectivity index (χ2v) is 6.31. The molecule has 0 saturated carbocycles. The molecule has 0 aromatic carbocycles. The van der Waals surface area contributed by atoms with E-state index in [0.29, 0.717) is 0 Å². The van der Waals surface area contributed by atoms with Crippen LogP contribution in [0.3, 0.4) is 0 Å². The van der Waals surface area contributed by atoms with Gasteiger partial charge in [0.05, 0.1) is 11.3 Å². The van der Waals surface area contributed by atoms with Crippen LogP contribution < -0.4 is 10.6 Å². The molecule has 118 valence electrons. The van der Waals surface area contributed by atoms with Crippen LogP contribution in [-0.4, -0.2) is 33.9 Å². The average molecular weight is 293 g/mol. The highest BCUT2D eigenvalue weighted by molar-refractivity contribution is 6.02. The van der Waals surface area contributed by atoms with E-state index in [2.05, 4.69) is 29.0 Å². The number of rotatable bonds is 3. The quantitative estimate of drug-likeness (QED) is 0.387. The molecule has 6 nitrogen and oxygen atoms in total. The summed E-state index contributed by atoms with van der Waals surface area (Å²) in [6.07, 6.45) is 3.62. The van der Waals surface area contributed by atoms with Crippen molar-refractivity contribution in [1.82, 2.24) is 9.78 Å². The molecule has 1 atom stereocenters. The molecule has 0 bridgehead atoms. The first-order chi connectivity index (χ1) is 9.95. The van der Waals surface area contributed by atoms with Crippen LogP contribution in [0, 0.1) is 18.8 Å². The standard InChI is InChI=1S/C15H27N5O/c1-10(2)12-6-5-8-20(9-7-12)15-13(14(16)18-21)11(3)17-19(15)4/h10,12,21H,5-9H2,1-4H3,(H2,16,18). The van der Waals surface area contributed by atoms with Crippen molar-refractivity contribution < 1.29 is 5.21 Å². The zero-order valence-corrected chi connectivity index (χ0v) is 13.5. The molecule has 0 radical (unpaired) electrons. The summed E-state index contributed by atoms with van der Waals surface area (Å²) in [7, 11) is 1.92. The minimum Gasteiger partial charge on any atom is -0.409 e. The molecule has 1 unspecified atom stereocenters. The Morgan fingerprint density at radius 3 is 2.71 bits per heavy atom. The van der Waals surface area contributed by atoms with E-state index in [1.807, 2.05) is 18.7 Å². The van der Waals surface area contributed by atoms with Crippen LogP contribution in [0.1, 0.15) is 44.4 Å². The van der Waals surface area contributed by atoms with E-state index in [1.165, 1.54) is 19.3 Å². The van der Waals surface area contributed by atoms with Crippen molar-refractivity contribution >= 4 is 11.7 Å². The lowest BCUT2D eigenvalue weighted by molar-refractivity contribution is 0.318. The number of amidine groups is 1. The van der Waals surface area contributed by atoms with Crippen molar-refractivity contribution in [3.8, 4) is 0 Å². The number of hydrogen-bond donors (Lipinski definition) is 2. The fourth-order valence-corrected chi connectivity index (χ4v) is 3.36. The molecular formula is C15H27N5O. The minimum absolute atomic E-state index is 0.139. The highest BCUT2D eigenvalue weighted by Gasteiger charge is 2.25. The Morgan fingerprint density at radius 1 is 1.38 bits per heavy atom. The van der Waals surface area contributed by atoms with Gasteiger partial charge in [-0.2, -0.15) is 5.10 Å². The zero-order valence-electron chi connectivity index (χ0n) is 13.5. The molecule has 1 saturated heterocycles. The van der Waals surface area contributed by atoms with Gasteiger partial charge in [-0.3, -0.25) is 4.68 Å². The number of oxime groups is 1. The summed E-state index contributed by atoms with van der Waals surface area (Å²) in [4.78, 5) is 2.33. The fourth-order valence-electron chi connectivity index (χ4n) is 3.36. The Morgan fingerprint density at radius 2 is 2.10 bits per heavy atom. The smallest absolute Gasteiger partial charge is 0.175 e. The fraction of sp³-hybridized carbons (Fsp3) is 0.733. The monoisotopic (exact) mass is 293 g/mol. The molecule has 2 heterocycles. The summed E-state index contributed by atoms with van der Waals surface area (Å²) in [5.41, 5.74) is 7.40. The topological polar surface area (TPSA) is 79.7 Å². The van der Waals surface area contributed by atoms with E-state index in [-0.39, 0.29) is 5.84 Å². The summed E-state index contributed by atoms with van der Waals surface area (Å²) in [6, 6.07) is 0. The second-order valence-electron chi connectivity index (χ2n) is 6.31. The van der Waals surface area contributed by atoms with Crippen LogP contribution in [0.5, 0.6) is 0 Å². The molecule has 2 rings (SSSR count). The van der Waals surface area contributed by atoms with Crippen molar-refractivity contribution in [2.24, 2.45) is 29.8 Å². The van der Waals surface area contributed by atoms with Crippen LogP contribution in [0.2, 0.25) is 0 Å². The normalized spacial score (nSPS) is 20.9. The molecule has 1 fully saturated rings. The summed E-state index contributed by atoms with van der Waals surface area (Å²) >= 11 is 0. The van der Waals surface area contributed by atoms with Gasteiger partial charge in [0, 0.05) is 20.1 Å². The van der Waals surface area contributed by atoms with Crippen molar-refractivity contribution in [3.05, 3.63) is 11.3 Å². The molecule has 1 aromatic heterocycles. The van der Waals surface area contributed by atoms with Gasteiger partial charge in [0.25, 0.3) is 0 Å².